The highest BCUT2D eigenvalue weighted by Crippen LogP contribution is 2.39. The molecule has 1 fully saturated rings. The first-order chi connectivity index (χ1) is 12.8. The third-order valence-corrected chi connectivity index (χ3v) is 5.70. The summed E-state index contributed by atoms with van der Waals surface area (Å²) in [5, 5.41) is 40.8. The molecule has 27 heavy (non-hydrogen) atoms. The summed E-state index contributed by atoms with van der Waals surface area (Å²) in [6.07, 6.45) is -4.55. The standard InChI is InChI=1S/C21H25ClO5/c1-12-3-5-13(6-4-12)9-14-10-15(7-8-16(14)22)21(2)20(26)19(25)18(24)17(11-23)27-21/h3-8,10,17-20,23-26H,9,11H2,1-2H3. The second-order valence-corrected chi connectivity index (χ2v) is 7.75. The molecule has 146 valence electrons. The monoisotopic (exact) mass is 392 g/mol. The van der Waals surface area contributed by atoms with E-state index >= 15 is 0 Å². The number of aliphatic hydroxyl groups excluding tert-OH is 4. The summed E-state index contributed by atoms with van der Waals surface area (Å²) in [5.41, 5.74) is 2.45. The predicted molar refractivity (Wildman–Crippen MR) is 103 cm³/mol. The topological polar surface area (TPSA) is 90.2 Å². The van der Waals surface area contributed by atoms with Crippen LogP contribution in [0.4, 0.5) is 0 Å². The maximum absolute atomic E-state index is 10.6. The number of aliphatic hydroxyl groups is 4. The van der Waals surface area contributed by atoms with Gasteiger partial charge in [-0.2, -0.15) is 0 Å². The van der Waals surface area contributed by atoms with Crippen LogP contribution in [-0.2, 0) is 16.8 Å². The van der Waals surface area contributed by atoms with Crippen LogP contribution in [0.1, 0.15) is 29.2 Å². The minimum atomic E-state index is -1.43. The SMILES string of the molecule is Cc1ccc(Cc2cc(C3(C)OC(CO)C(O)C(O)C3O)ccc2Cl)cc1. The lowest BCUT2D eigenvalue weighted by molar-refractivity contribution is -0.273. The van der Waals surface area contributed by atoms with Crippen molar-refractivity contribution in [2.45, 2.75) is 50.3 Å². The normalized spacial score (nSPS) is 31.1. The average molecular weight is 393 g/mol. The molecule has 5 nitrogen and oxygen atoms in total. The van der Waals surface area contributed by atoms with Crippen molar-refractivity contribution < 1.29 is 25.2 Å². The van der Waals surface area contributed by atoms with Crippen molar-refractivity contribution >= 4 is 11.6 Å². The van der Waals surface area contributed by atoms with Gasteiger partial charge in [-0.25, -0.2) is 0 Å². The molecule has 1 aliphatic heterocycles. The van der Waals surface area contributed by atoms with Gasteiger partial charge in [0, 0.05) is 5.02 Å². The molecule has 1 saturated heterocycles. The Morgan fingerprint density at radius 3 is 2.33 bits per heavy atom. The van der Waals surface area contributed by atoms with Gasteiger partial charge in [0.1, 0.15) is 30.0 Å². The van der Waals surface area contributed by atoms with E-state index in [4.69, 9.17) is 16.3 Å². The quantitative estimate of drug-likeness (QED) is 0.638. The lowest BCUT2D eigenvalue weighted by Gasteiger charge is -2.47. The van der Waals surface area contributed by atoms with Crippen LogP contribution in [0.25, 0.3) is 0 Å². The molecule has 6 heteroatoms. The molecule has 1 heterocycles. The third-order valence-electron chi connectivity index (χ3n) is 5.33. The van der Waals surface area contributed by atoms with Crippen molar-refractivity contribution in [1.82, 2.24) is 0 Å². The van der Waals surface area contributed by atoms with Crippen LogP contribution in [0, 0.1) is 6.92 Å². The van der Waals surface area contributed by atoms with Crippen LogP contribution < -0.4 is 0 Å². The fraction of sp³-hybridized carbons (Fsp3) is 0.429. The summed E-state index contributed by atoms with van der Waals surface area (Å²) >= 11 is 6.37. The van der Waals surface area contributed by atoms with E-state index in [2.05, 4.69) is 0 Å². The minimum absolute atomic E-state index is 0.468. The fourth-order valence-electron chi connectivity index (χ4n) is 3.52. The molecule has 2 aromatic carbocycles. The second kappa shape index (κ2) is 7.87. The molecule has 0 spiro atoms. The van der Waals surface area contributed by atoms with Crippen molar-refractivity contribution in [3.05, 3.63) is 69.7 Å². The zero-order chi connectivity index (χ0) is 19.8. The van der Waals surface area contributed by atoms with E-state index in [1.165, 1.54) is 5.56 Å². The van der Waals surface area contributed by atoms with Crippen molar-refractivity contribution in [3.63, 3.8) is 0 Å². The van der Waals surface area contributed by atoms with Crippen LogP contribution in [-0.4, -0.2) is 51.4 Å². The summed E-state index contributed by atoms with van der Waals surface area (Å²) in [6.45, 7) is 3.19. The molecule has 0 radical (unpaired) electrons. The lowest BCUT2D eigenvalue weighted by atomic mass is 9.80. The molecule has 3 rings (SSSR count). The van der Waals surface area contributed by atoms with E-state index in [0.29, 0.717) is 17.0 Å². The van der Waals surface area contributed by atoms with Crippen molar-refractivity contribution in [2.75, 3.05) is 6.61 Å². The van der Waals surface area contributed by atoms with Gasteiger partial charge in [-0.1, -0.05) is 53.6 Å². The largest absolute Gasteiger partial charge is 0.394 e. The molecule has 4 N–H and O–H groups in total. The summed E-state index contributed by atoms with van der Waals surface area (Å²) in [4.78, 5) is 0. The maximum Gasteiger partial charge on any atom is 0.119 e. The van der Waals surface area contributed by atoms with E-state index in [0.717, 1.165) is 11.1 Å². The van der Waals surface area contributed by atoms with Crippen LogP contribution in [0.15, 0.2) is 42.5 Å². The zero-order valence-electron chi connectivity index (χ0n) is 15.3. The van der Waals surface area contributed by atoms with Gasteiger partial charge in [-0.3, -0.25) is 0 Å². The van der Waals surface area contributed by atoms with Crippen molar-refractivity contribution in [2.24, 2.45) is 0 Å². The number of hydrogen-bond acceptors (Lipinski definition) is 5. The van der Waals surface area contributed by atoms with Gasteiger partial charge in [0.05, 0.1) is 6.61 Å². The molecule has 0 amide bonds. The van der Waals surface area contributed by atoms with Gasteiger partial charge >= 0.3 is 0 Å². The van der Waals surface area contributed by atoms with E-state index in [1.807, 2.05) is 37.3 Å². The first-order valence-corrected chi connectivity index (χ1v) is 9.31. The molecular weight excluding hydrogens is 368 g/mol. The summed E-state index contributed by atoms with van der Waals surface area (Å²) in [6, 6.07) is 13.4. The predicted octanol–water partition coefficient (Wildman–Crippen LogP) is 1.93. The summed E-state index contributed by atoms with van der Waals surface area (Å²) in [5.74, 6) is 0. The van der Waals surface area contributed by atoms with Crippen LogP contribution in [0.2, 0.25) is 5.02 Å². The Bertz CT molecular complexity index is 792. The van der Waals surface area contributed by atoms with E-state index < -0.39 is 36.6 Å². The second-order valence-electron chi connectivity index (χ2n) is 7.34. The number of ether oxygens (including phenoxy) is 1. The smallest absolute Gasteiger partial charge is 0.119 e. The summed E-state index contributed by atoms with van der Waals surface area (Å²) in [7, 11) is 0. The molecule has 0 bridgehead atoms. The number of benzene rings is 2. The van der Waals surface area contributed by atoms with Gasteiger partial charge in [-0.05, 0) is 43.0 Å². The van der Waals surface area contributed by atoms with Gasteiger partial charge in [0.2, 0.25) is 0 Å². The molecule has 0 aromatic heterocycles. The zero-order valence-corrected chi connectivity index (χ0v) is 16.1. The number of aryl methyl sites for hydroxylation is 1. The summed E-state index contributed by atoms with van der Waals surface area (Å²) < 4.78 is 5.81. The first kappa shape index (κ1) is 20.3. The highest BCUT2D eigenvalue weighted by Gasteiger charge is 2.51. The van der Waals surface area contributed by atoms with Crippen LogP contribution in [0.5, 0.6) is 0 Å². The van der Waals surface area contributed by atoms with Gasteiger partial charge in [0.25, 0.3) is 0 Å². The fourth-order valence-corrected chi connectivity index (χ4v) is 3.70. The number of rotatable bonds is 4. The molecule has 5 unspecified atom stereocenters. The Morgan fingerprint density at radius 1 is 1.04 bits per heavy atom. The van der Waals surface area contributed by atoms with Crippen LogP contribution >= 0.6 is 11.6 Å². The first-order valence-electron chi connectivity index (χ1n) is 8.93. The maximum atomic E-state index is 10.6. The molecule has 2 aromatic rings. The van der Waals surface area contributed by atoms with Crippen molar-refractivity contribution in [1.29, 1.82) is 0 Å². The highest BCUT2D eigenvalue weighted by molar-refractivity contribution is 6.31. The van der Waals surface area contributed by atoms with Gasteiger partial charge in [-0.15, -0.1) is 0 Å². The number of halogens is 1. The van der Waals surface area contributed by atoms with Gasteiger partial charge in [0.15, 0.2) is 0 Å². The average Bonchev–Trinajstić information content (AvgIpc) is 2.66. The van der Waals surface area contributed by atoms with Crippen LogP contribution in [0.3, 0.4) is 0 Å². The molecule has 5 atom stereocenters. The van der Waals surface area contributed by atoms with E-state index in [1.54, 1.807) is 19.1 Å². The van der Waals surface area contributed by atoms with E-state index in [-0.39, 0.29) is 0 Å². The molecule has 0 aliphatic carbocycles. The van der Waals surface area contributed by atoms with Gasteiger partial charge < -0.3 is 25.2 Å². The molecule has 1 aliphatic rings. The number of hydrogen-bond donors (Lipinski definition) is 4. The lowest BCUT2D eigenvalue weighted by Crippen LogP contribution is -2.62. The Morgan fingerprint density at radius 2 is 1.70 bits per heavy atom. The molecular formula is C21H25ClO5. The molecule has 0 saturated carbocycles. The Kier molecular flexibility index (Phi) is 5.91. The third kappa shape index (κ3) is 3.90. The Hall–Kier alpha value is -1.47. The Balaban J connectivity index is 1.95. The highest BCUT2D eigenvalue weighted by atomic mass is 35.5. The van der Waals surface area contributed by atoms with Crippen molar-refractivity contribution in [3.8, 4) is 0 Å². The Labute approximate surface area is 163 Å². The minimum Gasteiger partial charge on any atom is -0.394 e. The van der Waals surface area contributed by atoms with E-state index in [9.17, 15) is 20.4 Å².